The van der Waals surface area contributed by atoms with Gasteiger partial charge in [-0.05, 0) is 61.9 Å². The summed E-state index contributed by atoms with van der Waals surface area (Å²) in [5.74, 6) is 0.915. The molecular weight excluding hydrogens is 300 g/mol. The van der Waals surface area contributed by atoms with Gasteiger partial charge in [-0.25, -0.2) is 0 Å². The van der Waals surface area contributed by atoms with Gasteiger partial charge in [-0.1, -0.05) is 29.3 Å². The summed E-state index contributed by atoms with van der Waals surface area (Å²) in [5.41, 5.74) is 8.52. The molecule has 1 aliphatic rings. The van der Waals surface area contributed by atoms with Crippen LogP contribution in [0.4, 0.5) is 5.69 Å². The molecule has 0 aliphatic carbocycles. The van der Waals surface area contributed by atoms with Crippen molar-refractivity contribution in [1.29, 1.82) is 0 Å². The van der Waals surface area contributed by atoms with E-state index in [0.29, 0.717) is 0 Å². The molecule has 106 valence electrons. The minimum absolute atomic E-state index is 0.717. The Kier molecular flexibility index (Phi) is 5.71. The molecule has 2 N–H and O–H groups in total. The molecule has 1 aliphatic heterocycles. The number of nitrogens with zero attached hydrogens (tertiary/aromatic N) is 1. The Morgan fingerprint density at radius 2 is 2.16 bits per heavy atom. The Bertz CT molecular complexity index is 406. The summed E-state index contributed by atoms with van der Waals surface area (Å²) in [7, 11) is 0. The molecule has 0 spiro atoms. The molecule has 0 saturated carbocycles. The standard InChI is InChI=1S/C16H25BrN2/c1-2-13-4-3-10-19(11-8-13)16-6-5-15(17)12-14(16)7-9-18/h5-6,12-13H,2-4,7-11,18H2,1H3. The fraction of sp³-hybridized carbons (Fsp3) is 0.625. The topological polar surface area (TPSA) is 29.3 Å². The van der Waals surface area contributed by atoms with Crippen LogP contribution in [0.2, 0.25) is 0 Å². The summed E-state index contributed by atoms with van der Waals surface area (Å²) < 4.78 is 1.15. The largest absolute Gasteiger partial charge is 0.371 e. The zero-order chi connectivity index (χ0) is 13.7. The molecule has 1 aromatic rings. The molecule has 1 unspecified atom stereocenters. The van der Waals surface area contributed by atoms with E-state index in [1.54, 1.807) is 0 Å². The molecule has 0 radical (unpaired) electrons. The zero-order valence-corrected chi connectivity index (χ0v) is 13.5. The van der Waals surface area contributed by atoms with Gasteiger partial charge in [0, 0.05) is 23.2 Å². The van der Waals surface area contributed by atoms with Crippen molar-refractivity contribution in [2.45, 2.75) is 39.0 Å². The minimum atomic E-state index is 0.717. The van der Waals surface area contributed by atoms with Crippen LogP contribution >= 0.6 is 15.9 Å². The fourth-order valence-corrected chi connectivity index (χ4v) is 3.44. The highest BCUT2D eigenvalue weighted by atomic mass is 79.9. The molecule has 19 heavy (non-hydrogen) atoms. The van der Waals surface area contributed by atoms with E-state index in [4.69, 9.17) is 5.73 Å². The predicted octanol–water partition coefficient (Wildman–Crippen LogP) is 3.97. The van der Waals surface area contributed by atoms with Crippen LogP contribution in [0, 0.1) is 5.92 Å². The summed E-state index contributed by atoms with van der Waals surface area (Å²) in [4.78, 5) is 2.56. The van der Waals surface area contributed by atoms with Crippen molar-refractivity contribution >= 4 is 21.6 Å². The molecule has 3 heteroatoms. The quantitative estimate of drug-likeness (QED) is 0.908. The van der Waals surface area contributed by atoms with E-state index < -0.39 is 0 Å². The van der Waals surface area contributed by atoms with Gasteiger partial charge in [0.1, 0.15) is 0 Å². The number of hydrogen-bond donors (Lipinski definition) is 1. The van der Waals surface area contributed by atoms with Gasteiger partial charge < -0.3 is 10.6 Å². The summed E-state index contributed by atoms with van der Waals surface area (Å²) in [5, 5.41) is 0. The van der Waals surface area contributed by atoms with Crippen molar-refractivity contribution < 1.29 is 0 Å². The SMILES string of the molecule is CCC1CCCN(c2ccc(Br)cc2CCN)CC1. The Hall–Kier alpha value is -0.540. The minimum Gasteiger partial charge on any atom is -0.371 e. The Labute approximate surface area is 125 Å². The van der Waals surface area contributed by atoms with E-state index in [9.17, 15) is 0 Å². The molecule has 0 bridgehead atoms. The molecule has 1 heterocycles. The van der Waals surface area contributed by atoms with Crippen LogP contribution in [0.3, 0.4) is 0 Å². The number of halogens is 1. The molecular formula is C16H25BrN2. The van der Waals surface area contributed by atoms with Crippen LogP contribution < -0.4 is 10.6 Å². The highest BCUT2D eigenvalue weighted by Crippen LogP contribution is 2.29. The third kappa shape index (κ3) is 3.96. The molecule has 2 nitrogen and oxygen atoms in total. The monoisotopic (exact) mass is 324 g/mol. The van der Waals surface area contributed by atoms with Crippen LogP contribution in [0.25, 0.3) is 0 Å². The van der Waals surface area contributed by atoms with Gasteiger partial charge in [0.25, 0.3) is 0 Å². The van der Waals surface area contributed by atoms with Gasteiger partial charge in [-0.2, -0.15) is 0 Å². The first kappa shape index (κ1) is 14.9. The lowest BCUT2D eigenvalue weighted by molar-refractivity contribution is 0.459. The lowest BCUT2D eigenvalue weighted by atomic mass is 9.98. The molecule has 1 saturated heterocycles. The first-order chi connectivity index (χ1) is 9.24. The number of rotatable bonds is 4. The molecule has 1 aromatic carbocycles. The lowest BCUT2D eigenvalue weighted by Gasteiger charge is -2.26. The maximum Gasteiger partial charge on any atom is 0.0400 e. The van der Waals surface area contributed by atoms with E-state index in [-0.39, 0.29) is 0 Å². The van der Waals surface area contributed by atoms with Crippen LogP contribution in [-0.2, 0) is 6.42 Å². The number of anilines is 1. The molecule has 1 atom stereocenters. The summed E-state index contributed by atoms with van der Waals surface area (Å²) in [6.07, 6.45) is 6.31. The van der Waals surface area contributed by atoms with Crippen LogP contribution in [0.15, 0.2) is 22.7 Å². The lowest BCUT2D eigenvalue weighted by Crippen LogP contribution is -2.25. The van der Waals surface area contributed by atoms with Gasteiger partial charge in [-0.15, -0.1) is 0 Å². The van der Waals surface area contributed by atoms with E-state index in [2.05, 4.69) is 46.0 Å². The van der Waals surface area contributed by atoms with Gasteiger partial charge in [-0.3, -0.25) is 0 Å². The molecule has 0 amide bonds. The van der Waals surface area contributed by atoms with Gasteiger partial charge in [0.05, 0.1) is 0 Å². The second-order valence-electron chi connectivity index (χ2n) is 5.50. The highest BCUT2D eigenvalue weighted by Gasteiger charge is 2.17. The number of hydrogen-bond acceptors (Lipinski definition) is 2. The zero-order valence-electron chi connectivity index (χ0n) is 11.9. The number of nitrogens with two attached hydrogens (primary N) is 1. The third-order valence-corrected chi connectivity index (χ3v) is 4.71. The average Bonchev–Trinajstić information content (AvgIpc) is 2.65. The second-order valence-corrected chi connectivity index (χ2v) is 6.42. The Balaban J connectivity index is 2.16. The van der Waals surface area contributed by atoms with Crippen molar-refractivity contribution in [3.63, 3.8) is 0 Å². The average molecular weight is 325 g/mol. The maximum absolute atomic E-state index is 5.75. The fourth-order valence-electron chi connectivity index (χ4n) is 3.03. The van der Waals surface area contributed by atoms with Crippen molar-refractivity contribution in [3.8, 4) is 0 Å². The van der Waals surface area contributed by atoms with Crippen LogP contribution in [0.5, 0.6) is 0 Å². The maximum atomic E-state index is 5.75. The molecule has 0 aromatic heterocycles. The first-order valence-electron chi connectivity index (χ1n) is 7.48. The van der Waals surface area contributed by atoms with Crippen molar-refractivity contribution in [3.05, 3.63) is 28.2 Å². The molecule has 1 fully saturated rings. The van der Waals surface area contributed by atoms with Crippen molar-refractivity contribution in [2.75, 3.05) is 24.5 Å². The highest BCUT2D eigenvalue weighted by molar-refractivity contribution is 9.10. The summed E-state index contributed by atoms with van der Waals surface area (Å²) in [6, 6.07) is 6.63. The van der Waals surface area contributed by atoms with E-state index in [0.717, 1.165) is 23.4 Å². The predicted molar refractivity (Wildman–Crippen MR) is 86.7 cm³/mol. The van der Waals surface area contributed by atoms with Crippen molar-refractivity contribution in [1.82, 2.24) is 0 Å². The summed E-state index contributed by atoms with van der Waals surface area (Å²) in [6.45, 7) is 5.42. The normalized spacial score (nSPS) is 20.4. The van der Waals surface area contributed by atoms with E-state index >= 15 is 0 Å². The van der Waals surface area contributed by atoms with Gasteiger partial charge >= 0.3 is 0 Å². The van der Waals surface area contributed by atoms with Gasteiger partial charge in [0.2, 0.25) is 0 Å². The van der Waals surface area contributed by atoms with E-state index in [1.807, 2.05) is 0 Å². The molecule has 2 rings (SSSR count). The van der Waals surface area contributed by atoms with Gasteiger partial charge in [0.15, 0.2) is 0 Å². The Morgan fingerprint density at radius 1 is 1.32 bits per heavy atom. The van der Waals surface area contributed by atoms with E-state index in [1.165, 1.54) is 50.0 Å². The summed E-state index contributed by atoms with van der Waals surface area (Å²) >= 11 is 3.57. The van der Waals surface area contributed by atoms with Crippen molar-refractivity contribution in [2.24, 2.45) is 11.7 Å². The number of benzene rings is 1. The smallest absolute Gasteiger partial charge is 0.0400 e. The Morgan fingerprint density at radius 3 is 2.89 bits per heavy atom. The van der Waals surface area contributed by atoms with Crippen LogP contribution in [-0.4, -0.2) is 19.6 Å². The first-order valence-corrected chi connectivity index (χ1v) is 8.27. The van der Waals surface area contributed by atoms with Crippen LogP contribution in [0.1, 0.15) is 38.2 Å². The second kappa shape index (κ2) is 7.30. The third-order valence-electron chi connectivity index (χ3n) is 4.22.